The molecule has 0 radical (unpaired) electrons. The third-order valence-electron chi connectivity index (χ3n) is 3.31. The fourth-order valence-corrected chi connectivity index (χ4v) is 3.17. The number of aliphatic hydroxyl groups is 1. The fourth-order valence-electron chi connectivity index (χ4n) is 2.18. The van der Waals surface area contributed by atoms with E-state index in [1.807, 2.05) is 0 Å². The first-order valence-electron chi connectivity index (χ1n) is 6.14. The van der Waals surface area contributed by atoms with Crippen LogP contribution in [0, 0.1) is 5.82 Å². The molecule has 20 heavy (non-hydrogen) atoms. The lowest BCUT2D eigenvalue weighted by Gasteiger charge is -2.27. The van der Waals surface area contributed by atoms with E-state index in [1.54, 1.807) is 4.57 Å². The molecule has 0 bridgehead atoms. The Morgan fingerprint density at radius 1 is 1.70 bits per heavy atom. The molecule has 8 heteroatoms. The molecule has 3 rings (SSSR count). The Hall–Kier alpha value is -1.51. The van der Waals surface area contributed by atoms with Gasteiger partial charge in [0.05, 0.1) is 19.8 Å². The van der Waals surface area contributed by atoms with Gasteiger partial charge in [0, 0.05) is 6.61 Å². The van der Waals surface area contributed by atoms with Crippen LogP contribution in [0.15, 0.2) is 0 Å². The predicted molar refractivity (Wildman–Crippen MR) is 69.2 cm³/mol. The molecule has 2 aromatic rings. The van der Waals surface area contributed by atoms with Crippen molar-refractivity contribution in [1.29, 1.82) is 0 Å². The smallest absolute Gasteiger partial charge is 0.351 e. The van der Waals surface area contributed by atoms with E-state index in [2.05, 4.69) is 9.72 Å². The lowest BCUT2D eigenvalue weighted by Crippen LogP contribution is -2.31. The Kier molecular flexibility index (Phi) is 3.45. The van der Waals surface area contributed by atoms with E-state index in [0.29, 0.717) is 23.8 Å². The predicted octanol–water partition coefficient (Wildman–Crippen LogP) is 1.30. The van der Waals surface area contributed by atoms with Crippen LogP contribution in [-0.2, 0) is 22.6 Å². The number of rotatable bonds is 4. The zero-order valence-electron chi connectivity index (χ0n) is 10.8. The van der Waals surface area contributed by atoms with Crippen LogP contribution in [0.1, 0.15) is 21.9 Å². The molecule has 0 amide bonds. The Bertz CT molecular complexity index is 662. The highest BCUT2D eigenvalue weighted by Gasteiger charge is 2.27. The normalized spacial score (nSPS) is 18.2. The number of hydrogen-bond acceptors (Lipinski definition) is 6. The van der Waals surface area contributed by atoms with Gasteiger partial charge in [-0.25, -0.2) is 14.2 Å². The van der Waals surface area contributed by atoms with E-state index < -0.39 is 11.8 Å². The number of aliphatic hydroxyl groups excluding tert-OH is 1. The average Bonchev–Trinajstić information content (AvgIpc) is 2.90. The maximum Gasteiger partial charge on any atom is 0.351 e. The first-order valence-corrected chi connectivity index (χ1v) is 6.95. The minimum absolute atomic E-state index is 0.00132. The standard InChI is InChI=1S/C12H13FN2O4S/c1-18-12(17)10-8(13)9-11(20-10)14-7(5-16)15(9)4-6-2-3-19-6/h6,16H,2-5H2,1H3/t6-/m0/s1. The maximum absolute atomic E-state index is 14.4. The van der Waals surface area contributed by atoms with Crippen molar-refractivity contribution in [3.8, 4) is 0 Å². The molecule has 0 aliphatic carbocycles. The molecule has 108 valence electrons. The van der Waals surface area contributed by atoms with Crippen LogP contribution < -0.4 is 0 Å². The number of ether oxygens (including phenoxy) is 2. The SMILES string of the molecule is COC(=O)c1sc2nc(CO)n(C[C@@H]3CCO3)c2c1F. The number of methoxy groups -OCH3 is 1. The van der Waals surface area contributed by atoms with Gasteiger partial charge in [-0.2, -0.15) is 0 Å². The van der Waals surface area contributed by atoms with Gasteiger partial charge in [-0.05, 0) is 6.42 Å². The summed E-state index contributed by atoms with van der Waals surface area (Å²) in [7, 11) is 1.20. The van der Waals surface area contributed by atoms with Gasteiger partial charge in [-0.1, -0.05) is 0 Å². The van der Waals surface area contributed by atoms with Crippen LogP contribution in [0.5, 0.6) is 0 Å². The number of aromatic nitrogens is 2. The molecule has 3 heterocycles. The highest BCUT2D eigenvalue weighted by Crippen LogP contribution is 2.32. The molecular weight excluding hydrogens is 287 g/mol. The second-order valence-corrected chi connectivity index (χ2v) is 5.47. The zero-order chi connectivity index (χ0) is 14.3. The summed E-state index contributed by atoms with van der Waals surface area (Å²) in [6, 6.07) is 0. The van der Waals surface area contributed by atoms with Crippen molar-refractivity contribution in [1.82, 2.24) is 9.55 Å². The highest BCUT2D eigenvalue weighted by atomic mass is 32.1. The summed E-state index contributed by atoms with van der Waals surface area (Å²) < 4.78 is 25.8. The number of thiophene rings is 1. The van der Waals surface area contributed by atoms with Gasteiger partial charge in [0.25, 0.3) is 0 Å². The third-order valence-corrected chi connectivity index (χ3v) is 4.34. The van der Waals surface area contributed by atoms with Crippen LogP contribution >= 0.6 is 11.3 Å². The van der Waals surface area contributed by atoms with Gasteiger partial charge >= 0.3 is 5.97 Å². The summed E-state index contributed by atoms with van der Waals surface area (Å²) in [5.41, 5.74) is 0.231. The molecule has 0 saturated carbocycles. The first kappa shape index (κ1) is 13.5. The van der Waals surface area contributed by atoms with E-state index >= 15 is 0 Å². The van der Waals surface area contributed by atoms with Gasteiger partial charge in [-0.15, -0.1) is 11.3 Å². The quantitative estimate of drug-likeness (QED) is 0.862. The van der Waals surface area contributed by atoms with Gasteiger partial charge in [0.15, 0.2) is 10.7 Å². The van der Waals surface area contributed by atoms with E-state index in [1.165, 1.54) is 7.11 Å². The number of esters is 1. The molecule has 0 spiro atoms. The second kappa shape index (κ2) is 5.12. The Morgan fingerprint density at radius 3 is 3.00 bits per heavy atom. The van der Waals surface area contributed by atoms with E-state index in [0.717, 1.165) is 17.8 Å². The van der Waals surface area contributed by atoms with Crippen molar-refractivity contribution in [3.63, 3.8) is 0 Å². The lowest BCUT2D eigenvalue weighted by molar-refractivity contribution is -0.0593. The van der Waals surface area contributed by atoms with Crippen LogP contribution in [-0.4, -0.2) is 40.4 Å². The zero-order valence-corrected chi connectivity index (χ0v) is 11.6. The molecular formula is C12H13FN2O4S. The van der Waals surface area contributed by atoms with Crippen molar-refractivity contribution in [3.05, 3.63) is 16.5 Å². The number of fused-ring (bicyclic) bond motifs is 1. The fraction of sp³-hybridized carbons (Fsp3) is 0.500. The third kappa shape index (κ3) is 2.00. The molecule has 0 aromatic carbocycles. The van der Waals surface area contributed by atoms with Gasteiger partial charge in [0.2, 0.25) is 0 Å². The molecule has 2 aromatic heterocycles. The van der Waals surface area contributed by atoms with Gasteiger partial charge in [0.1, 0.15) is 22.8 Å². The van der Waals surface area contributed by atoms with Crippen LogP contribution in [0.2, 0.25) is 0 Å². The first-order chi connectivity index (χ1) is 9.65. The largest absolute Gasteiger partial charge is 0.465 e. The molecule has 1 atom stereocenters. The van der Waals surface area contributed by atoms with Crippen LogP contribution in [0.3, 0.4) is 0 Å². The topological polar surface area (TPSA) is 73.6 Å². The van der Waals surface area contributed by atoms with Crippen molar-refractivity contribution >= 4 is 27.7 Å². The Labute approximate surface area is 117 Å². The van der Waals surface area contributed by atoms with Gasteiger partial charge in [-0.3, -0.25) is 0 Å². The van der Waals surface area contributed by atoms with Crippen molar-refractivity contribution in [2.45, 2.75) is 25.7 Å². The van der Waals surface area contributed by atoms with Crippen molar-refractivity contribution < 1.29 is 23.8 Å². The van der Waals surface area contributed by atoms with Crippen molar-refractivity contribution in [2.24, 2.45) is 0 Å². The number of carbonyl (C=O) groups is 1. The summed E-state index contributed by atoms with van der Waals surface area (Å²) in [6.45, 7) is 0.818. The number of carbonyl (C=O) groups excluding carboxylic acids is 1. The summed E-state index contributed by atoms with van der Waals surface area (Å²) >= 11 is 0.926. The molecule has 6 nitrogen and oxygen atoms in total. The molecule has 1 saturated heterocycles. The van der Waals surface area contributed by atoms with Crippen LogP contribution in [0.25, 0.3) is 10.3 Å². The monoisotopic (exact) mass is 300 g/mol. The maximum atomic E-state index is 14.4. The van der Waals surface area contributed by atoms with Crippen molar-refractivity contribution in [2.75, 3.05) is 13.7 Å². The van der Waals surface area contributed by atoms with E-state index in [9.17, 15) is 14.3 Å². The minimum atomic E-state index is -0.720. The Balaban J connectivity index is 2.09. The van der Waals surface area contributed by atoms with E-state index in [4.69, 9.17) is 4.74 Å². The molecule has 1 aliphatic heterocycles. The average molecular weight is 300 g/mol. The summed E-state index contributed by atoms with van der Waals surface area (Å²) in [5.74, 6) is -0.997. The number of imidazole rings is 1. The minimum Gasteiger partial charge on any atom is -0.465 e. The van der Waals surface area contributed by atoms with Gasteiger partial charge < -0.3 is 19.1 Å². The summed E-state index contributed by atoms with van der Waals surface area (Å²) in [4.78, 5) is 15.9. The summed E-state index contributed by atoms with van der Waals surface area (Å²) in [5, 5.41) is 9.32. The molecule has 0 unspecified atom stereocenters. The molecule has 1 aliphatic rings. The molecule has 1 N–H and O–H groups in total. The summed E-state index contributed by atoms with van der Waals surface area (Å²) in [6.07, 6.45) is 0.888. The molecule has 1 fully saturated rings. The number of hydrogen-bond donors (Lipinski definition) is 1. The number of nitrogens with zero attached hydrogens (tertiary/aromatic N) is 2. The second-order valence-electron chi connectivity index (χ2n) is 4.47. The Morgan fingerprint density at radius 2 is 2.45 bits per heavy atom. The number of halogens is 1. The highest BCUT2D eigenvalue weighted by molar-refractivity contribution is 7.20. The van der Waals surface area contributed by atoms with E-state index in [-0.39, 0.29) is 23.1 Å². The van der Waals surface area contributed by atoms with Crippen LogP contribution in [0.4, 0.5) is 4.39 Å². The lowest BCUT2D eigenvalue weighted by atomic mass is 10.2.